The summed E-state index contributed by atoms with van der Waals surface area (Å²) in [7, 11) is 1.87. The fourth-order valence-corrected chi connectivity index (χ4v) is 2.97. The molecule has 0 aliphatic carbocycles. The molecule has 1 aliphatic rings. The van der Waals surface area contributed by atoms with E-state index >= 15 is 0 Å². The van der Waals surface area contributed by atoms with Gasteiger partial charge in [-0.15, -0.1) is 0 Å². The van der Waals surface area contributed by atoms with Crippen LogP contribution in [0.2, 0.25) is 5.02 Å². The summed E-state index contributed by atoms with van der Waals surface area (Å²) in [6.45, 7) is 2.54. The van der Waals surface area contributed by atoms with Crippen LogP contribution >= 0.6 is 11.6 Å². The Balaban J connectivity index is 2.26. The molecule has 1 amide bonds. The highest BCUT2D eigenvalue weighted by molar-refractivity contribution is 6.31. The molecule has 1 saturated heterocycles. The van der Waals surface area contributed by atoms with E-state index in [1.807, 2.05) is 31.3 Å². The Hall–Kier alpha value is -1.10. The van der Waals surface area contributed by atoms with Crippen LogP contribution in [0.15, 0.2) is 24.3 Å². The molecule has 0 atom stereocenters. The summed E-state index contributed by atoms with van der Waals surface area (Å²) in [6, 6.07) is 7.61. The zero-order valence-electron chi connectivity index (χ0n) is 11.7. The zero-order chi connectivity index (χ0) is 14.4. The van der Waals surface area contributed by atoms with Gasteiger partial charge in [0.15, 0.2) is 0 Å². The van der Waals surface area contributed by atoms with Crippen molar-refractivity contribution in [3.63, 3.8) is 0 Å². The van der Waals surface area contributed by atoms with Crippen molar-refractivity contribution >= 4 is 17.5 Å². The maximum Gasteiger partial charge on any atom is 0.230 e. The Bertz CT molecular complexity index is 459. The third kappa shape index (κ3) is 3.14. The minimum atomic E-state index is -0.565. The summed E-state index contributed by atoms with van der Waals surface area (Å²) in [5.74, 6) is 0.0455. The predicted octanol–water partition coefficient (Wildman–Crippen LogP) is 1.72. The Morgan fingerprint density at radius 2 is 2.00 bits per heavy atom. The Morgan fingerprint density at radius 3 is 2.65 bits per heavy atom. The van der Waals surface area contributed by atoms with Gasteiger partial charge in [-0.2, -0.15) is 0 Å². The van der Waals surface area contributed by atoms with Gasteiger partial charge in [-0.25, -0.2) is 0 Å². The van der Waals surface area contributed by atoms with Crippen LogP contribution < -0.4 is 10.6 Å². The van der Waals surface area contributed by atoms with Crippen molar-refractivity contribution in [2.75, 3.05) is 33.4 Å². The number of hydrogen-bond donors (Lipinski definition) is 2. The highest BCUT2D eigenvalue weighted by Crippen LogP contribution is 2.38. The van der Waals surface area contributed by atoms with Crippen LogP contribution in [-0.4, -0.2) is 39.3 Å². The predicted molar refractivity (Wildman–Crippen MR) is 80.1 cm³/mol. The molecule has 1 aromatic rings. The summed E-state index contributed by atoms with van der Waals surface area (Å²) >= 11 is 6.32. The summed E-state index contributed by atoms with van der Waals surface area (Å²) in [4.78, 5) is 12.7. The van der Waals surface area contributed by atoms with Crippen molar-refractivity contribution in [2.24, 2.45) is 0 Å². The van der Waals surface area contributed by atoms with Gasteiger partial charge in [0, 0.05) is 31.3 Å². The summed E-state index contributed by atoms with van der Waals surface area (Å²) < 4.78 is 5.43. The van der Waals surface area contributed by atoms with Crippen molar-refractivity contribution < 1.29 is 9.53 Å². The quantitative estimate of drug-likeness (QED) is 0.814. The average molecular weight is 297 g/mol. The molecule has 1 aliphatic heterocycles. The van der Waals surface area contributed by atoms with E-state index in [0.29, 0.717) is 37.6 Å². The first kappa shape index (κ1) is 15.3. The topological polar surface area (TPSA) is 50.4 Å². The van der Waals surface area contributed by atoms with Crippen LogP contribution in [0.3, 0.4) is 0 Å². The monoisotopic (exact) mass is 296 g/mol. The summed E-state index contributed by atoms with van der Waals surface area (Å²) in [6.07, 6.45) is 1.34. The normalized spacial score (nSPS) is 17.7. The molecule has 0 spiro atoms. The second kappa shape index (κ2) is 7.07. The lowest BCUT2D eigenvalue weighted by molar-refractivity contribution is -0.130. The molecule has 0 saturated carbocycles. The molecule has 110 valence electrons. The maximum atomic E-state index is 12.7. The van der Waals surface area contributed by atoms with Crippen LogP contribution in [0.5, 0.6) is 0 Å². The molecule has 0 unspecified atom stereocenters. The van der Waals surface area contributed by atoms with Crippen LogP contribution in [0.4, 0.5) is 0 Å². The number of ether oxygens (including phenoxy) is 1. The van der Waals surface area contributed by atoms with Crippen LogP contribution in [0.25, 0.3) is 0 Å². The van der Waals surface area contributed by atoms with Crippen molar-refractivity contribution in [3.05, 3.63) is 34.9 Å². The third-order valence-electron chi connectivity index (χ3n) is 3.83. The number of nitrogens with one attached hydrogen (secondary N) is 2. The van der Waals surface area contributed by atoms with E-state index in [1.54, 1.807) is 0 Å². The van der Waals surface area contributed by atoms with E-state index < -0.39 is 5.41 Å². The summed E-state index contributed by atoms with van der Waals surface area (Å²) in [5, 5.41) is 6.68. The second-order valence-corrected chi connectivity index (χ2v) is 5.44. The molecule has 1 fully saturated rings. The van der Waals surface area contributed by atoms with Gasteiger partial charge >= 0.3 is 0 Å². The standard InChI is InChI=1S/C15H21ClN2O2/c1-17-8-9-18-14(19)15(6-10-20-11-7-15)12-4-2-3-5-13(12)16/h2-5,17H,6-11H2,1H3,(H,18,19). The van der Waals surface area contributed by atoms with Crippen molar-refractivity contribution in [1.82, 2.24) is 10.6 Å². The second-order valence-electron chi connectivity index (χ2n) is 5.03. The van der Waals surface area contributed by atoms with Crippen LogP contribution in [-0.2, 0) is 14.9 Å². The molecule has 20 heavy (non-hydrogen) atoms. The van der Waals surface area contributed by atoms with Crippen molar-refractivity contribution in [3.8, 4) is 0 Å². The molecule has 0 aromatic heterocycles. The molecular weight excluding hydrogens is 276 g/mol. The number of benzene rings is 1. The number of likely N-dealkylation sites (N-methyl/N-ethyl adjacent to an activating group) is 1. The lowest BCUT2D eigenvalue weighted by atomic mass is 9.73. The average Bonchev–Trinajstić information content (AvgIpc) is 2.48. The minimum Gasteiger partial charge on any atom is -0.381 e. The number of rotatable bonds is 5. The van der Waals surface area contributed by atoms with E-state index in [-0.39, 0.29) is 5.91 Å². The molecule has 0 radical (unpaired) electrons. The highest BCUT2D eigenvalue weighted by Gasteiger charge is 2.42. The van der Waals surface area contributed by atoms with Crippen molar-refractivity contribution in [1.29, 1.82) is 0 Å². The number of amides is 1. The number of carbonyl (C=O) groups is 1. The van der Waals surface area contributed by atoms with Gasteiger partial charge in [0.25, 0.3) is 0 Å². The van der Waals surface area contributed by atoms with E-state index in [9.17, 15) is 4.79 Å². The van der Waals surface area contributed by atoms with E-state index in [4.69, 9.17) is 16.3 Å². The highest BCUT2D eigenvalue weighted by atomic mass is 35.5. The Kier molecular flexibility index (Phi) is 5.40. The molecule has 4 nitrogen and oxygen atoms in total. The van der Waals surface area contributed by atoms with Crippen LogP contribution in [0.1, 0.15) is 18.4 Å². The first-order chi connectivity index (χ1) is 9.70. The van der Waals surface area contributed by atoms with Crippen LogP contribution in [0, 0.1) is 0 Å². The third-order valence-corrected chi connectivity index (χ3v) is 4.16. The van der Waals surface area contributed by atoms with Gasteiger partial charge in [0.05, 0.1) is 5.41 Å². The molecular formula is C15H21ClN2O2. The van der Waals surface area contributed by atoms with Gasteiger partial charge in [-0.3, -0.25) is 4.79 Å². The van der Waals surface area contributed by atoms with Gasteiger partial charge in [0.2, 0.25) is 5.91 Å². The summed E-state index contributed by atoms with van der Waals surface area (Å²) in [5.41, 5.74) is 0.344. The molecule has 2 N–H and O–H groups in total. The van der Waals surface area contributed by atoms with Gasteiger partial charge < -0.3 is 15.4 Å². The molecule has 0 bridgehead atoms. The first-order valence-electron chi connectivity index (χ1n) is 6.96. The fourth-order valence-electron chi connectivity index (χ4n) is 2.66. The van der Waals surface area contributed by atoms with E-state index in [0.717, 1.165) is 12.1 Å². The Morgan fingerprint density at radius 1 is 1.30 bits per heavy atom. The molecule has 2 rings (SSSR count). The van der Waals surface area contributed by atoms with Crippen molar-refractivity contribution in [2.45, 2.75) is 18.3 Å². The molecule has 5 heteroatoms. The molecule has 1 aromatic carbocycles. The number of halogens is 1. The van der Waals surface area contributed by atoms with E-state index in [1.165, 1.54) is 0 Å². The lowest BCUT2D eigenvalue weighted by Gasteiger charge is -2.36. The lowest BCUT2D eigenvalue weighted by Crippen LogP contribution is -2.49. The Labute approximate surface area is 124 Å². The van der Waals surface area contributed by atoms with Gasteiger partial charge in [-0.05, 0) is 31.5 Å². The molecule has 1 heterocycles. The SMILES string of the molecule is CNCCNC(=O)C1(c2ccccc2Cl)CCOCC1. The first-order valence-corrected chi connectivity index (χ1v) is 7.34. The largest absolute Gasteiger partial charge is 0.381 e. The maximum absolute atomic E-state index is 12.7. The smallest absolute Gasteiger partial charge is 0.230 e. The van der Waals surface area contributed by atoms with Gasteiger partial charge in [-0.1, -0.05) is 29.8 Å². The van der Waals surface area contributed by atoms with E-state index in [2.05, 4.69) is 10.6 Å². The number of hydrogen-bond acceptors (Lipinski definition) is 3. The minimum absolute atomic E-state index is 0.0455. The van der Waals surface area contributed by atoms with Gasteiger partial charge in [0.1, 0.15) is 0 Å². The zero-order valence-corrected chi connectivity index (χ0v) is 12.5. The fraction of sp³-hybridized carbons (Fsp3) is 0.533. The number of carbonyl (C=O) groups excluding carboxylic acids is 1.